The molecule has 1 aliphatic rings. The molecule has 1 aromatic rings. The molecule has 1 aromatic carbocycles. The summed E-state index contributed by atoms with van der Waals surface area (Å²) in [6.45, 7) is 1.74. The fourth-order valence-electron chi connectivity index (χ4n) is 1.38. The van der Waals surface area contributed by atoms with Crippen molar-refractivity contribution in [3.63, 3.8) is 0 Å². The van der Waals surface area contributed by atoms with Gasteiger partial charge in [0.2, 0.25) is 0 Å². The number of fused-ring (bicyclic) bond motifs is 1. The average molecular weight is 216 g/mol. The van der Waals surface area contributed by atoms with E-state index in [0.717, 1.165) is 5.56 Å². The predicted octanol–water partition coefficient (Wildman–Crippen LogP) is 2.10. The number of benzene rings is 1. The first kappa shape index (κ1) is 10.2. The summed E-state index contributed by atoms with van der Waals surface area (Å²) in [6.07, 6.45) is -3.58. The minimum Gasteiger partial charge on any atom is -0.396 e. The maximum absolute atomic E-state index is 12.7. The number of rotatable bonds is 2. The van der Waals surface area contributed by atoms with Crippen LogP contribution in [0.3, 0.4) is 0 Å². The predicted molar refractivity (Wildman–Crippen MR) is 48.1 cm³/mol. The second-order valence-corrected chi connectivity index (χ2v) is 3.46. The summed E-state index contributed by atoms with van der Waals surface area (Å²) < 4.78 is 33.9. The zero-order valence-electron chi connectivity index (χ0n) is 8.04. The summed E-state index contributed by atoms with van der Waals surface area (Å²) in [7, 11) is 0. The summed E-state index contributed by atoms with van der Waals surface area (Å²) in [5, 5.41) is 8.92. The highest BCUT2D eigenvalue weighted by Gasteiger charge is 2.43. The van der Waals surface area contributed by atoms with E-state index in [1.165, 1.54) is 12.1 Å². The number of aliphatic hydroxyl groups excluding tert-OH is 1. The van der Waals surface area contributed by atoms with Gasteiger partial charge in [0.25, 0.3) is 0 Å². The van der Waals surface area contributed by atoms with Gasteiger partial charge in [0.15, 0.2) is 11.5 Å². The van der Waals surface area contributed by atoms with Gasteiger partial charge in [-0.05, 0) is 17.7 Å². The van der Waals surface area contributed by atoms with E-state index in [2.05, 4.69) is 9.47 Å². The molecule has 0 saturated heterocycles. The first-order valence-corrected chi connectivity index (χ1v) is 4.52. The number of ether oxygens (including phenoxy) is 2. The van der Waals surface area contributed by atoms with Crippen LogP contribution in [0, 0.1) is 0 Å². The van der Waals surface area contributed by atoms with Crippen molar-refractivity contribution in [2.75, 3.05) is 6.61 Å². The van der Waals surface area contributed by atoms with E-state index < -0.39 is 6.29 Å². The highest BCUT2D eigenvalue weighted by atomic mass is 19.3. The third kappa shape index (κ3) is 1.87. The van der Waals surface area contributed by atoms with Crippen LogP contribution in [0.5, 0.6) is 11.5 Å². The molecule has 1 unspecified atom stereocenters. The number of aliphatic hydroxyl groups is 1. The molecule has 0 bridgehead atoms. The molecule has 1 atom stereocenters. The molecule has 0 aromatic heterocycles. The van der Waals surface area contributed by atoms with E-state index in [1.54, 1.807) is 13.0 Å². The molecule has 3 nitrogen and oxygen atoms in total. The van der Waals surface area contributed by atoms with Gasteiger partial charge in [0, 0.05) is 12.5 Å². The molecule has 0 saturated carbocycles. The molecular weight excluding hydrogens is 206 g/mol. The highest BCUT2D eigenvalue weighted by Crippen LogP contribution is 2.42. The van der Waals surface area contributed by atoms with Crippen LogP contribution < -0.4 is 9.47 Å². The molecule has 15 heavy (non-hydrogen) atoms. The minimum atomic E-state index is -3.58. The Morgan fingerprint density at radius 2 is 2.00 bits per heavy atom. The average Bonchev–Trinajstić information content (AvgIpc) is 2.49. The molecule has 1 aliphatic heterocycles. The Hall–Kier alpha value is -1.36. The van der Waals surface area contributed by atoms with Crippen molar-refractivity contribution in [1.82, 2.24) is 0 Å². The summed E-state index contributed by atoms with van der Waals surface area (Å²) in [5.74, 6) is -0.0835. The Labute approximate surface area is 85.2 Å². The summed E-state index contributed by atoms with van der Waals surface area (Å²) in [6, 6.07) is 4.50. The highest BCUT2D eigenvalue weighted by molar-refractivity contribution is 5.46. The third-order valence-corrected chi connectivity index (χ3v) is 2.27. The zero-order chi connectivity index (χ0) is 11.1. The summed E-state index contributed by atoms with van der Waals surface area (Å²) >= 11 is 0. The van der Waals surface area contributed by atoms with Crippen molar-refractivity contribution in [2.24, 2.45) is 0 Å². The SMILES string of the molecule is CC(CO)c1ccc2c(c1)OC(F)(F)O2. The normalized spacial score (nSPS) is 18.9. The third-order valence-electron chi connectivity index (χ3n) is 2.27. The van der Waals surface area contributed by atoms with Crippen LogP contribution in [0.15, 0.2) is 18.2 Å². The van der Waals surface area contributed by atoms with Gasteiger partial charge in [-0.2, -0.15) is 0 Å². The number of hydrogen-bond donors (Lipinski definition) is 1. The lowest BCUT2D eigenvalue weighted by atomic mass is 10.0. The molecule has 1 heterocycles. The quantitative estimate of drug-likeness (QED) is 0.822. The summed E-state index contributed by atoms with van der Waals surface area (Å²) in [4.78, 5) is 0. The van der Waals surface area contributed by atoms with Gasteiger partial charge in [0.1, 0.15) is 0 Å². The smallest absolute Gasteiger partial charge is 0.396 e. The van der Waals surface area contributed by atoms with Crippen LogP contribution in [0.2, 0.25) is 0 Å². The van der Waals surface area contributed by atoms with Crippen molar-refractivity contribution in [3.8, 4) is 11.5 Å². The van der Waals surface area contributed by atoms with Crippen molar-refractivity contribution >= 4 is 0 Å². The number of halogens is 2. The Kier molecular flexibility index (Phi) is 2.26. The number of alkyl halides is 2. The molecule has 82 valence electrons. The van der Waals surface area contributed by atoms with E-state index in [-0.39, 0.29) is 24.0 Å². The van der Waals surface area contributed by atoms with Crippen molar-refractivity contribution in [2.45, 2.75) is 19.1 Å². The largest absolute Gasteiger partial charge is 0.586 e. The maximum atomic E-state index is 12.7. The monoisotopic (exact) mass is 216 g/mol. The standard InChI is InChI=1S/C10H10F2O3/c1-6(5-13)7-2-3-8-9(4-7)15-10(11,12)14-8/h2-4,6,13H,5H2,1H3. The van der Waals surface area contributed by atoms with Crippen molar-refractivity contribution in [1.29, 1.82) is 0 Å². The van der Waals surface area contributed by atoms with Crippen molar-refractivity contribution < 1.29 is 23.4 Å². The van der Waals surface area contributed by atoms with Crippen LogP contribution in [-0.4, -0.2) is 18.0 Å². The van der Waals surface area contributed by atoms with E-state index in [0.29, 0.717) is 0 Å². The fraction of sp³-hybridized carbons (Fsp3) is 0.400. The first-order chi connectivity index (χ1) is 7.02. The second kappa shape index (κ2) is 3.34. The summed E-state index contributed by atoms with van der Waals surface area (Å²) in [5.41, 5.74) is 0.734. The topological polar surface area (TPSA) is 38.7 Å². The van der Waals surface area contributed by atoms with Crippen LogP contribution in [0.1, 0.15) is 18.4 Å². The molecule has 0 amide bonds. The van der Waals surface area contributed by atoms with E-state index in [4.69, 9.17) is 5.11 Å². The Balaban J connectivity index is 2.30. The Morgan fingerprint density at radius 3 is 2.67 bits per heavy atom. The maximum Gasteiger partial charge on any atom is 0.586 e. The molecular formula is C10H10F2O3. The van der Waals surface area contributed by atoms with E-state index in [1.807, 2.05) is 0 Å². The lowest BCUT2D eigenvalue weighted by Crippen LogP contribution is -2.25. The van der Waals surface area contributed by atoms with Gasteiger partial charge in [-0.25, -0.2) is 0 Å². The minimum absolute atomic E-state index is 0.0119. The Morgan fingerprint density at radius 1 is 1.33 bits per heavy atom. The van der Waals surface area contributed by atoms with Crippen molar-refractivity contribution in [3.05, 3.63) is 23.8 Å². The number of hydrogen-bond acceptors (Lipinski definition) is 3. The van der Waals surface area contributed by atoms with Gasteiger partial charge in [-0.1, -0.05) is 13.0 Å². The van der Waals surface area contributed by atoms with Gasteiger partial charge >= 0.3 is 6.29 Å². The van der Waals surface area contributed by atoms with Gasteiger partial charge in [-0.3, -0.25) is 0 Å². The van der Waals surface area contributed by atoms with Gasteiger partial charge in [0.05, 0.1) is 0 Å². The van der Waals surface area contributed by atoms with Gasteiger partial charge < -0.3 is 14.6 Å². The first-order valence-electron chi connectivity index (χ1n) is 4.52. The lowest BCUT2D eigenvalue weighted by Gasteiger charge is -2.08. The van der Waals surface area contributed by atoms with Crippen LogP contribution in [-0.2, 0) is 0 Å². The van der Waals surface area contributed by atoms with Gasteiger partial charge in [-0.15, -0.1) is 8.78 Å². The molecule has 5 heteroatoms. The molecule has 0 radical (unpaired) electrons. The lowest BCUT2D eigenvalue weighted by molar-refractivity contribution is -0.286. The Bertz CT molecular complexity index is 379. The van der Waals surface area contributed by atoms with Crippen LogP contribution >= 0.6 is 0 Å². The molecule has 0 fully saturated rings. The molecule has 1 N–H and O–H groups in total. The zero-order valence-corrected chi connectivity index (χ0v) is 8.04. The molecule has 0 aliphatic carbocycles. The van der Waals surface area contributed by atoms with E-state index in [9.17, 15) is 8.78 Å². The second-order valence-electron chi connectivity index (χ2n) is 3.46. The van der Waals surface area contributed by atoms with Crippen LogP contribution in [0.4, 0.5) is 8.78 Å². The van der Waals surface area contributed by atoms with Crippen LogP contribution in [0.25, 0.3) is 0 Å². The molecule has 0 spiro atoms. The fourth-order valence-corrected chi connectivity index (χ4v) is 1.38. The van der Waals surface area contributed by atoms with E-state index >= 15 is 0 Å². The molecule has 2 rings (SSSR count).